The van der Waals surface area contributed by atoms with Gasteiger partial charge in [0.15, 0.2) is 5.60 Å². The molecule has 0 radical (unpaired) electrons. The lowest BCUT2D eigenvalue weighted by Gasteiger charge is -2.26. The smallest absolute Gasteiger partial charge is 0.303 e. The molecule has 1 unspecified atom stereocenters. The molecular formula is C20H21BrClNO4. The lowest BCUT2D eigenvalue weighted by Crippen LogP contribution is -2.42. The van der Waals surface area contributed by atoms with E-state index < -0.39 is 11.6 Å². The molecule has 0 aliphatic rings. The highest BCUT2D eigenvalue weighted by atomic mass is 79.9. The number of amides is 1. The number of carbonyl (C=O) groups is 2. The number of carboxylic acid groups (broad SMARTS) is 1. The lowest BCUT2D eigenvalue weighted by molar-refractivity contribution is -0.137. The van der Waals surface area contributed by atoms with Crippen LogP contribution in [0.1, 0.15) is 38.7 Å². The Hall–Kier alpha value is -2.05. The first kappa shape index (κ1) is 21.3. The van der Waals surface area contributed by atoms with Gasteiger partial charge >= 0.3 is 5.97 Å². The van der Waals surface area contributed by atoms with E-state index >= 15 is 0 Å². The predicted molar refractivity (Wildman–Crippen MR) is 110 cm³/mol. The number of ether oxygens (including phenoxy) is 1. The summed E-state index contributed by atoms with van der Waals surface area (Å²) < 4.78 is 6.50. The summed E-state index contributed by atoms with van der Waals surface area (Å²) in [4.78, 5) is 23.4. The zero-order chi connectivity index (χ0) is 20.2. The molecule has 0 aliphatic carbocycles. The molecular weight excluding hydrogens is 434 g/mol. The quantitative estimate of drug-likeness (QED) is 0.581. The molecule has 0 saturated heterocycles. The van der Waals surface area contributed by atoms with E-state index in [1.54, 1.807) is 44.2 Å². The van der Waals surface area contributed by atoms with Crippen molar-refractivity contribution in [1.29, 1.82) is 0 Å². The Morgan fingerprint density at radius 2 is 1.85 bits per heavy atom. The van der Waals surface area contributed by atoms with Crippen molar-refractivity contribution in [3.8, 4) is 5.75 Å². The topological polar surface area (TPSA) is 75.6 Å². The molecule has 0 heterocycles. The molecule has 7 heteroatoms. The van der Waals surface area contributed by atoms with Crippen molar-refractivity contribution in [2.75, 3.05) is 5.32 Å². The van der Waals surface area contributed by atoms with Gasteiger partial charge < -0.3 is 15.2 Å². The number of halogens is 2. The molecule has 5 nitrogen and oxygen atoms in total. The number of aliphatic carboxylic acids is 1. The number of benzene rings is 2. The van der Waals surface area contributed by atoms with Gasteiger partial charge in [0.05, 0.1) is 10.9 Å². The number of rotatable bonds is 7. The molecule has 0 spiro atoms. The second-order valence-electron chi connectivity index (χ2n) is 6.76. The van der Waals surface area contributed by atoms with Gasteiger partial charge in [0.1, 0.15) is 5.75 Å². The van der Waals surface area contributed by atoms with Crippen LogP contribution in [0.5, 0.6) is 5.75 Å². The molecule has 2 aromatic rings. The molecule has 144 valence electrons. The maximum atomic E-state index is 12.6. The van der Waals surface area contributed by atoms with Crippen molar-refractivity contribution in [1.82, 2.24) is 0 Å². The Morgan fingerprint density at radius 3 is 2.41 bits per heavy atom. The van der Waals surface area contributed by atoms with Crippen LogP contribution in [0.3, 0.4) is 0 Å². The number of carboxylic acids is 1. The molecule has 1 amide bonds. The highest BCUT2D eigenvalue weighted by Gasteiger charge is 2.30. The van der Waals surface area contributed by atoms with Crippen LogP contribution in [0.2, 0.25) is 5.02 Å². The van der Waals surface area contributed by atoms with E-state index in [4.69, 9.17) is 21.4 Å². The minimum atomic E-state index is -1.12. The number of carbonyl (C=O) groups excluding carboxylic acids is 1. The van der Waals surface area contributed by atoms with Gasteiger partial charge in [0, 0.05) is 10.7 Å². The maximum Gasteiger partial charge on any atom is 0.303 e. The molecule has 0 aliphatic heterocycles. The summed E-state index contributed by atoms with van der Waals surface area (Å²) in [7, 11) is 0. The van der Waals surface area contributed by atoms with E-state index in [0.717, 1.165) is 5.56 Å². The minimum Gasteiger partial charge on any atom is -0.481 e. The fourth-order valence-electron chi connectivity index (χ4n) is 2.44. The van der Waals surface area contributed by atoms with Crippen molar-refractivity contribution in [2.45, 2.75) is 38.7 Å². The van der Waals surface area contributed by atoms with E-state index in [0.29, 0.717) is 20.9 Å². The average molecular weight is 455 g/mol. The average Bonchev–Trinajstić information content (AvgIpc) is 2.57. The van der Waals surface area contributed by atoms with Crippen LogP contribution in [0.25, 0.3) is 0 Å². The SMILES string of the molecule is CC(CC(=O)O)c1ccc(NC(=O)C(C)(C)Oc2ccc(Cl)cc2Br)cc1. The molecule has 2 rings (SSSR count). The van der Waals surface area contributed by atoms with Gasteiger partial charge in [-0.05, 0) is 71.6 Å². The van der Waals surface area contributed by atoms with Crippen LogP contribution in [0.4, 0.5) is 5.69 Å². The summed E-state index contributed by atoms with van der Waals surface area (Å²) in [6.07, 6.45) is 0.0581. The molecule has 1 atom stereocenters. The standard InChI is InChI=1S/C20H21BrClNO4/c1-12(10-18(24)25)13-4-7-15(8-5-13)23-19(26)20(2,3)27-17-9-6-14(22)11-16(17)21/h4-9,11-12H,10H2,1-3H3,(H,23,26)(H,24,25). The van der Waals surface area contributed by atoms with Crippen LogP contribution < -0.4 is 10.1 Å². The summed E-state index contributed by atoms with van der Waals surface area (Å²) >= 11 is 9.29. The molecule has 2 N–H and O–H groups in total. The second kappa shape index (κ2) is 8.76. The van der Waals surface area contributed by atoms with Gasteiger partial charge in [0.25, 0.3) is 5.91 Å². The van der Waals surface area contributed by atoms with Gasteiger partial charge in [0.2, 0.25) is 0 Å². The Balaban J connectivity index is 2.05. The normalized spacial score (nSPS) is 12.3. The molecule has 0 aromatic heterocycles. The van der Waals surface area contributed by atoms with Gasteiger partial charge in [-0.2, -0.15) is 0 Å². The zero-order valence-corrected chi connectivity index (χ0v) is 17.6. The van der Waals surface area contributed by atoms with E-state index in [-0.39, 0.29) is 18.2 Å². The van der Waals surface area contributed by atoms with Crippen LogP contribution >= 0.6 is 27.5 Å². The van der Waals surface area contributed by atoms with Crippen molar-refractivity contribution < 1.29 is 19.4 Å². The van der Waals surface area contributed by atoms with Crippen LogP contribution in [-0.4, -0.2) is 22.6 Å². The highest BCUT2D eigenvalue weighted by molar-refractivity contribution is 9.10. The highest BCUT2D eigenvalue weighted by Crippen LogP contribution is 2.31. The van der Waals surface area contributed by atoms with E-state index in [1.807, 2.05) is 19.1 Å². The fraction of sp³-hybridized carbons (Fsp3) is 0.300. The van der Waals surface area contributed by atoms with E-state index in [9.17, 15) is 9.59 Å². The second-order valence-corrected chi connectivity index (χ2v) is 8.05. The molecule has 2 aromatic carbocycles. The maximum absolute atomic E-state index is 12.6. The third kappa shape index (κ3) is 5.97. The first-order valence-electron chi connectivity index (χ1n) is 8.36. The van der Waals surface area contributed by atoms with Crippen LogP contribution in [-0.2, 0) is 9.59 Å². The molecule has 0 bridgehead atoms. The van der Waals surface area contributed by atoms with Crippen LogP contribution in [0.15, 0.2) is 46.9 Å². The van der Waals surface area contributed by atoms with Gasteiger partial charge in [-0.1, -0.05) is 30.7 Å². The number of hydrogen-bond donors (Lipinski definition) is 2. The Labute approximate surface area is 171 Å². The minimum absolute atomic E-state index is 0.0581. The molecule has 27 heavy (non-hydrogen) atoms. The third-order valence-corrected chi connectivity index (χ3v) is 4.88. The van der Waals surface area contributed by atoms with Crippen molar-refractivity contribution in [3.05, 3.63) is 57.5 Å². The summed E-state index contributed by atoms with van der Waals surface area (Å²) in [6.45, 7) is 5.20. The Kier molecular flexibility index (Phi) is 6.89. The monoisotopic (exact) mass is 453 g/mol. The number of anilines is 1. The van der Waals surface area contributed by atoms with Gasteiger partial charge in [-0.15, -0.1) is 0 Å². The van der Waals surface area contributed by atoms with Crippen molar-refractivity contribution in [3.63, 3.8) is 0 Å². The van der Waals surface area contributed by atoms with Crippen LogP contribution in [0, 0.1) is 0 Å². The third-order valence-electron chi connectivity index (χ3n) is 4.02. The fourth-order valence-corrected chi connectivity index (χ4v) is 3.20. The summed E-state index contributed by atoms with van der Waals surface area (Å²) in [5.74, 6) is -0.741. The first-order valence-corrected chi connectivity index (χ1v) is 9.53. The van der Waals surface area contributed by atoms with Crippen molar-refractivity contribution in [2.24, 2.45) is 0 Å². The number of nitrogens with one attached hydrogen (secondary N) is 1. The Morgan fingerprint density at radius 1 is 1.22 bits per heavy atom. The van der Waals surface area contributed by atoms with Gasteiger partial charge in [-0.3, -0.25) is 9.59 Å². The molecule has 0 fully saturated rings. The lowest BCUT2D eigenvalue weighted by atomic mass is 9.97. The van der Waals surface area contributed by atoms with E-state index in [2.05, 4.69) is 21.2 Å². The largest absolute Gasteiger partial charge is 0.481 e. The Bertz CT molecular complexity index is 836. The number of hydrogen-bond acceptors (Lipinski definition) is 3. The summed E-state index contributed by atoms with van der Waals surface area (Å²) in [6, 6.07) is 12.2. The first-order chi connectivity index (χ1) is 12.6. The van der Waals surface area contributed by atoms with E-state index in [1.165, 1.54) is 0 Å². The predicted octanol–water partition coefficient (Wildman–Crippen LogP) is 5.48. The summed E-state index contributed by atoms with van der Waals surface area (Å²) in [5.41, 5.74) is 0.389. The van der Waals surface area contributed by atoms with Gasteiger partial charge in [-0.25, -0.2) is 0 Å². The van der Waals surface area contributed by atoms with Crippen molar-refractivity contribution >= 4 is 45.1 Å². The molecule has 0 saturated carbocycles. The zero-order valence-electron chi connectivity index (χ0n) is 15.3. The summed E-state index contributed by atoms with van der Waals surface area (Å²) in [5, 5.41) is 12.3.